The van der Waals surface area contributed by atoms with Crippen molar-refractivity contribution in [1.82, 2.24) is 0 Å². The third-order valence-corrected chi connectivity index (χ3v) is 4.68. The highest BCUT2D eigenvalue weighted by atomic mass is 16.4. The van der Waals surface area contributed by atoms with Crippen LogP contribution in [-0.4, -0.2) is 22.3 Å². The molecule has 4 aliphatic carbocycles. The summed E-state index contributed by atoms with van der Waals surface area (Å²) in [4.78, 5) is 11.3. The van der Waals surface area contributed by atoms with Crippen LogP contribution in [0.2, 0.25) is 0 Å². The Bertz CT molecular complexity index is 272. The van der Waals surface area contributed by atoms with Crippen LogP contribution in [0, 0.1) is 23.2 Å². The third-order valence-electron chi connectivity index (χ3n) is 4.68. The van der Waals surface area contributed by atoms with Crippen molar-refractivity contribution in [2.45, 2.75) is 38.2 Å². The Hall–Kier alpha value is -0.570. The van der Waals surface area contributed by atoms with E-state index >= 15 is 0 Å². The molecule has 0 aromatic rings. The van der Waals surface area contributed by atoms with Crippen LogP contribution in [0.15, 0.2) is 0 Å². The fourth-order valence-corrected chi connectivity index (χ4v) is 4.31. The Labute approximate surface area is 83.1 Å². The van der Waals surface area contributed by atoms with Crippen molar-refractivity contribution in [2.24, 2.45) is 23.2 Å². The van der Waals surface area contributed by atoms with Gasteiger partial charge in [0.05, 0.1) is 11.5 Å². The predicted molar refractivity (Wildman–Crippen MR) is 49.6 cm³/mol. The second-order valence-electron chi connectivity index (χ2n) is 5.51. The number of carboxylic acid groups (broad SMARTS) is 1. The van der Waals surface area contributed by atoms with Gasteiger partial charge in [0.25, 0.3) is 0 Å². The van der Waals surface area contributed by atoms with Gasteiger partial charge in [-0.2, -0.15) is 0 Å². The van der Waals surface area contributed by atoms with Gasteiger partial charge in [0.2, 0.25) is 0 Å². The van der Waals surface area contributed by atoms with Crippen molar-refractivity contribution in [3.63, 3.8) is 0 Å². The molecule has 4 bridgehead atoms. The van der Waals surface area contributed by atoms with Gasteiger partial charge in [-0.15, -0.1) is 0 Å². The molecule has 0 amide bonds. The molecule has 3 heteroatoms. The lowest BCUT2D eigenvalue weighted by molar-refractivity contribution is -0.191. The first-order valence-corrected chi connectivity index (χ1v) is 5.53. The van der Waals surface area contributed by atoms with E-state index in [1.54, 1.807) is 0 Å². The van der Waals surface area contributed by atoms with E-state index in [0.29, 0.717) is 11.8 Å². The summed E-state index contributed by atoms with van der Waals surface area (Å²) in [5.41, 5.74) is -0.769. The summed E-state index contributed by atoms with van der Waals surface area (Å²) in [6.07, 6.45) is 4.19. The van der Waals surface area contributed by atoms with Gasteiger partial charge in [-0.05, 0) is 49.9 Å². The molecule has 78 valence electrons. The molecular formula is C11H16O3. The summed E-state index contributed by atoms with van der Waals surface area (Å²) in [6, 6.07) is 0. The zero-order valence-corrected chi connectivity index (χ0v) is 8.15. The molecule has 0 aromatic carbocycles. The fraction of sp³-hybridized carbons (Fsp3) is 0.909. The van der Waals surface area contributed by atoms with E-state index in [2.05, 4.69) is 0 Å². The minimum Gasteiger partial charge on any atom is -0.481 e. The Morgan fingerprint density at radius 3 is 2.21 bits per heavy atom. The highest BCUT2D eigenvalue weighted by Gasteiger charge is 2.60. The molecule has 5 atom stereocenters. The van der Waals surface area contributed by atoms with Gasteiger partial charge in [-0.1, -0.05) is 0 Å². The minimum absolute atomic E-state index is 0.275. The summed E-state index contributed by atoms with van der Waals surface area (Å²) >= 11 is 0. The number of carboxylic acids is 1. The number of rotatable bonds is 1. The number of aliphatic carboxylic acids is 1. The molecule has 0 saturated heterocycles. The average molecular weight is 196 g/mol. The van der Waals surface area contributed by atoms with Gasteiger partial charge >= 0.3 is 5.97 Å². The molecule has 4 rings (SSSR count). The molecule has 4 fully saturated rings. The average Bonchev–Trinajstić information content (AvgIpc) is 2.12. The molecular weight excluding hydrogens is 180 g/mol. The molecule has 0 spiro atoms. The zero-order valence-electron chi connectivity index (χ0n) is 8.15. The van der Waals surface area contributed by atoms with Crippen molar-refractivity contribution < 1.29 is 15.0 Å². The van der Waals surface area contributed by atoms with Gasteiger partial charge in [0.15, 0.2) is 0 Å². The SMILES string of the molecule is O=C(O)C12C[C@@H]3CC(C[C@@H](C3)C1)[C@H]2O. The maximum absolute atomic E-state index is 11.3. The molecule has 0 aromatic heterocycles. The van der Waals surface area contributed by atoms with Crippen LogP contribution in [0.4, 0.5) is 0 Å². The molecule has 3 nitrogen and oxygen atoms in total. The summed E-state index contributed by atoms with van der Waals surface area (Å²) in [7, 11) is 0. The molecule has 4 saturated carbocycles. The first-order valence-electron chi connectivity index (χ1n) is 5.53. The second kappa shape index (κ2) is 2.51. The van der Waals surface area contributed by atoms with Crippen molar-refractivity contribution in [3.05, 3.63) is 0 Å². The number of aliphatic hydroxyl groups is 1. The van der Waals surface area contributed by atoms with Crippen LogP contribution in [-0.2, 0) is 4.79 Å². The zero-order chi connectivity index (χ0) is 9.92. The lowest BCUT2D eigenvalue weighted by Gasteiger charge is -2.57. The van der Waals surface area contributed by atoms with E-state index in [1.165, 1.54) is 6.42 Å². The maximum atomic E-state index is 11.3. The number of carbonyl (C=O) groups is 1. The number of aliphatic hydroxyl groups excluding tert-OH is 1. The summed E-state index contributed by atoms with van der Waals surface area (Å²) in [6.45, 7) is 0. The summed E-state index contributed by atoms with van der Waals surface area (Å²) in [5, 5.41) is 19.4. The number of hydrogen-bond donors (Lipinski definition) is 2. The topological polar surface area (TPSA) is 57.5 Å². The van der Waals surface area contributed by atoms with E-state index in [9.17, 15) is 15.0 Å². The Balaban J connectivity index is 2.01. The summed E-state index contributed by atoms with van der Waals surface area (Å²) < 4.78 is 0. The highest BCUT2D eigenvalue weighted by molar-refractivity contribution is 5.76. The molecule has 2 N–H and O–H groups in total. The molecule has 0 radical (unpaired) electrons. The normalized spacial score (nSPS) is 54.9. The van der Waals surface area contributed by atoms with Crippen LogP contribution in [0.25, 0.3) is 0 Å². The molecule has 14 heavy (non-hydrogen) atoms. The Morgan fingerprint density at radius 2 is 1.71 bits per heavy atom. The molecule has 0 aliphatic heterocycles. The van der Waals surface area contributed by atoms with Crippen LogP contribution in [0.1, 0.15) is 32.1 Å². The van der Waals surface area contributed by atoms with Crippen molar-refractivity contribution in [1.29, 1.82) is 0 Å². The largest absolute Gasteiger partial charge is 0.481 e. The quantitative estimate of drug-likeness (QED) is 0.663. The lowest BCUT2D eigenvalue weighted by atomic mass is 9.48. The van der Waals surface area contributed by atoms with Crippen molar-refractivity contribution >= 4 is 5.97 Å². The smallest absolute Gasteiger partial charge is 0.312 e. The fourth-order valence-electron chi connectivity index (χ4n) is 4.31. The van der Waals surface area contributed by atoms with E-state index in [1.807, 2.05) is 0 Å². The number of hydrogen-bond acceptors (Lipinski definition) is 2. The van der Waals surface area contributed by atoms with E-state index in [4.69, 9.17) is 0 Å². The maximum Gasteiger partial charge on any atom is 0.312 e. The highest BCUT2D eigenvalue weighted by Crippen LogP contribution is 2.60. The van der Waals surface area contributed by atoms with Gasteiger partial charge in [0.1, 0.15) is 0 Å². The van der Waals surface area contributed by atoms with Crippen LogP contribution >= 0.6 is 0 Å². The van der Waals surface area contributed by atoms with Gasteiger partial charge in [-0.3, -0.25) is 4.79 Å². The Kier molecular flexibility index (Phi) is 1.56. The van der Waals surface area contributed by atoms with Crippen LogP contribution < -0.4 is 0 Å². The first kappa shape index (κ1) is 8.72. The molecule has 4 aliphatic rings. The standard InChI is InChI=1S/C11H16O3/c12-9-8-2-6-1-7(3-8)5-11(9,4-6)10(13)14/h6-9,12H,1-5H2,(H,13,14)/t6-,7+,8?,9-,11?/m1/s1. The van der Waals surface area contributed by atoms with Gasteiger partial charge in [-0.25, -0.2) is 0 Å². The molecule has 2 unspecified atom stereocenters. The van der Waals surface area contributed by atoms with Crippen LogP contribution in [0.5, 0.6) is 0 Å². The minimum atomic E-state index is -0.769. The van der Waals surface area contributed by atoms with E-state index < -0.39 is 17.5 Å². The third kappa shape index (κ3) is 0.888. The monoisotopic (exact) mass is 196 g/mol. The van der Waals surface area contributed by atoms with Crippen molar-refractivity contribution in [2.75, 3.05) is 0 Å². The van der Waals surface area contributed by atoms with Crippen molar-refractivity contribution in [3.8, 4) is 0 Å². The predicted octanol–water partition coefficient (Wildman–Crippen LogP) is 1.26. The van der Waals surface area contributed by atoms with E-state index in [0.717, 1.165) is 25.7 Å². The van der Waals surface area contributed by atoms with Gasteiger partial charge in [0, 0.05) is 0 Å². The Morgan fingerprint density at radius 1 is 1.14 bits per heavy atom. The lowest BCUT2D eigenvalue weighted by Crippen LogP contribution is -2.59. The second-order valence-corrected chi connectivity index (χ2v) is 5.51. The van der Waals surface area contributed by atoms with E-state index in [-0.39, 0.29) is 5.92 Å². The van der Waals surface area contributed by atoms with Gasteiger partial charge < -0.3 is 10.2 Å². The van der Waals surface area contributed by atoms with Crippen LogP contribution in [0.3, 0.4) is 0 Å². The summed E-state index contributed by atoms with van der Waals surface area (Å²) in [5.74, 6) is 0.667. The first-order chi connectivity index (χ1) is 6.62. The molecule has 0 heterocycles.